The van der Waals surface area contributed by atoms with Gasteiger partial charge in [0.1, 0.15) is 17.7 Å². The quantitative estimate of drug-likeness (QED) is 0.518. The minimum atomic E-state index is 0.00433. The zero-order valence-electron chi connectivity index (χ0n) is 17.2. The predicted molar refractivity (Wildman–Crippen MR) is 112 cm³/mol. The third-order valence-electron chi connectivity index (χ3n) is 5.40. The SMILES string of the molecule is Cc1cc(N2CCN(c3nccn4nc(C(C)(C)C)cc34)CC2)n2ncnc2n1. The Bertz CT molecular complexity index is 1180. The highest BCUT2D eigenvalue weighted by atomic mass is 15.4. The van der Waals surface area contributed by atoms with Crippen molar-refractivity contribution in [2.24, 2.45) is 0 Å². The number of hydrogen-bond donors (Lipinski definition) is 0. The van der Waals surface area contributed by atoms with Crippen molar-refractivity contribution in [2.75, 3.05) is 36.0 Å². The van der Waals surface area contributed by atoms with Crippen LogP contribution in [0, 0.1) is 6.92 Å². The zero-order valence-corrected chi connectivity index (χ0v) is 17.2. The predicted octanol–water partition coefficient (Wildman–Crippen LogP) is 2.10. The van der Waals surface area contributed by atoms with E-state index in [0.717, 1.165) is 54.7 Å². The highest BCUT2D eigenvalue weighted by Gasteiger charge is 2.24. The Morgan fingerprint density at radius 1 is 0.966 bits per heavy atom. The second kappa shape index (κ2) is 6.40. The Hall–Kier alpha value is -3.23. The molecule has 9 nitrogen and oxygen atoms in total. The van der Waals surface area contributed by atoms with Crippen LogP contribution in [0.15, 0.2) is 30.9 Å². The van der Waals surface area contributed by atoms with Crippen LogP contribution in [0.5, 0.6) is 0 Å². The Morgan fingerprint density at radius 2 is 1.72 bits per heavy atom. The molecule has 29 heavy (non-hydrogen) atoms. The minimum Gasteiger partial charge on any atom is -0.353 e. The summed E-state index contributed by atoms with van der Waals surface area (Å²) >= 11 is 0. The molecule has 1 saturated heterocycles. The summed E-state index contributed by atoms with van der Waals surface area (Å²) in [7, 11) is 0. The number of fused-ring (bicyclic) bond motifs is 2. The van der Waals surface area contributed by atoms with E-state index in [1.807, 2.05) is 28.3 Å². The van der Waals surface area contributed by atoms with Gasteiger partial charge in [0, 0.05) is 55.7 Å². The Labute approximate surface area is 169 Å². The smallest absolute Gasteiger partial charge is 0.254 e. The number of aryl methyl sites for hydroxylation is 1. The van der Waals surface area contributed by atoms with Gasteiger partial charge in [-0.2, -0.15) is 19.7 Å². The van der Waals surface area contributed by atoms with Crippen LogP contribution in [0.2, 0.25) is 0 Å². The molecule has 1 aliphatic rings. The molecule has 0 spiro atoms. The first kappa shape index (κ1) is 17.8. The fourth-order valence-electron chi connectivity index (χ4n) is 3.80. The molecule has 4 aromatic heterocycles. The molecule has 0 bridgehead atoms. The van der Waals surface area contributed by atoms with Crippen molar-refractivity contribution < 1.29 is 0 Å². The molecule has 1 aliphatic heterocycles. The summed E-state index contributed by atoms with van der Waals surface area (Å²) in [6, 6.07) is 4.24. The summed E-state index contributed by atoms with van der Waals surface area (Å²) in [6.45, 7) is 12.0. The Balaban J connectivity index is 1.42. The lowest BCUT2D eigenvalue weighted by Gasteiger charge is -2.36. The molecule has 0 saturated carbocycles. The Kier molecular flexibility index (Phi) is 3.94. The van der Waals surface area contributed by atoms with Crippen LogP contribution >= 0.6 is 0 Å². The number of nitrogens with zero attached hydrogens (tertiary/aromatic N) is 9. The maximum atomic E-state index is 4.75. The summed E-state index contributed by atoms with van der Waals surface area (Å²) in [6.07, 6.45) is 5.31. The number of piperazine rings is 1. The van der Waals surface area contributed by atoms with Crippen LogP contribution < -0.4 is 9.80 Å². The highest BCUT2D eigenvalue weighted by Crippen LogP contribution is 2.27. The van der Waals surface area contributed by atoms with Crippen LogP contribution in [-0.2, 0) is 5.41 Å². The molecular weight excluding hydrogens is 366 g/mol. The first-order valence-corrected chi connectivity index (χ1v) is 9.92. The van der Waals surface area contributed by atoms with Gasteiger partial charge in [0.25, 0.3) is 5.78 Å². The van der Waals surface area contributed by atoms with E-state index in [1.165, 1.54) is 0 Å². The van der Waals surface area contributed by atoms with E-state index in [9.17, 15) is 0 Å². The molecule has 0 amide bonds. The molecule has 1 fully saturated rings. The van der Waals surface area contributed by atoms with Crippen LogP contribution in [0.25, 0.3) is 11.3 Å². The fourth-order valence-corrected chi connectivity index (χ4v) is 3.80. The number of rotatable bonds is 2. The van der Waals surface area contributed by atoms with Crippen molar-refractivity contribution in [3.8, 4) is 0 Å². The number of hydrogen-bond acceptors (Lipinski definition) is 7. The van der Waals surface area contributed by atoms with E-state index in [-0.39, 0.29) is 5.41 Å². The maximum Gasteiger partial charge on any atom is 0.254 e. The molecule has 4 aromatic rings. The number of aromatic nitrogens is 7. The van der Waals surface area contributed by atoms with Crippen molar-refractivity contribution in [3.05, 3.63) is 42.2 Å². The lowest BCUT2D eigenvalue weighted by Crippen LogP contribution is -2.47. The van der Waals surface area contributed by atoms with E-state index >= 15 is 0 Å². The van der Waals surface area contributed by atoms with Crippen LogP contribution in [-0.4, -0.2) is 60.4 Å². The van der Waals surface area contributed by atoms with Gasteiger partial charge in [-0.3, -0.25) is 0 Å². The molecule has 0 N–H and O–H groups in total. The first-order valence-electron chi connectivity index (χ1n) is 9.92. The van der Waals surface area contributed by atoms with Crippen molar-refractivity contribution in [2.45, 2.75) is 33.1 Å². The normalized spacial score (nSPS) is 15.6. The summed E-state index contributed by atoms with van der Waals surface area (Å²) < 4.78 is 3.76. The van der Waals surface area contributed by atoms with Gasteiger partial charge in [0.2, 0.25) is 0 Å². The van der Waals surface area contributed by atoms with E-state index in [2.05, 4.69) is 62.8 Å². The van der Waals surface area contributed by atoms with Gasteiger partial charge in [-0.25, -0.2) is 14.5 Å². The van der Waals surface area contributed by atoms with Crippen LogP contribution in [0.4, 0.5) is 11.6 Å². The van der Waals surface area contributed by atoms with E-state index in [0.29, 0.717) is 5.78 Å². The summed E-state index contributed by atoms with van der Waals surface area (Å²) in [4.78, 5) is 18.0. The molecule has 0 radical (unpaired) electrons. The summed E-state index contributed by atoms with van der Waals surface area (Å²) in [5, 5.41) is 9.10. The minimum absolute atomic E-state index is 0.00433. The van der Waals surface area contributed by atoms with Gasteiger partial charge in [-0.1, -0.05) is 20.8 Å². The molecule has 5 rings (SSSR count). The molecular formula is C20H25N9. The molecule has 9 heteroatoms. The molecule has 0 atom stereocenters. The lowest BCUT2D eigenvalue weighted by atomic mass is 9.92. The van der Waals surface area contributed by atoms with E-state index in [1.54, 1.807) is 6.33 Å². The first-order chi connectivity index (χ1) is 13.9. The van der Waals surface area contributed by atoms with Gasteiger partial charge < -0.3 is 9.80 Å². The third-order valence-corrected chi connectivity index (χ3v) is 5.40. The second-order valence-corrected chi connectivity index (χ2v) is 8.56. The standard InChI is InChI=1S/C20H25N9/c1-14-11-17(29-19(24-14)22-13-23-29)26-7-9-27(10-8-26)18-15-12-16(20(2,3)4)25-28(15)6-5-21-18/h5-6,11-13H,7-10H2,1-4H3. The van der Waals surface area contributed by atoms with Gasteiger partial charge >= 0.3 is 0 Å². The summed E-state index contributed by atoms with van der Waals surface area (Å²) in [5.74, 6) is 2.67. The molecule has 150 valence electrons. The average molecular weight is 391 g/mol. The summed E-state index contributed by atoms with van der Waals surface area (Å²) in [5.41, 5.74) is 3.09. The van der Waals surface area contributed by atoms with Crippen LogP contribution in [0.3, 0.4) is 0 Å². The zero-order chi connectivity index (χ0) is 20.2. The monoisotopic (exact) mass is 391 g/mol. The molecule has 0 unspecified atom stereocenters. The molecule has 5 heterocycles. The molecule has 0 aliphatic carbocycles. The van der Waals surface area contributed by atoms with Gasteiger partial charge in [0.05, 0.1) is 5.69 Å². The average Bonchev–Trinajstić information content (AvgIpc) is 3.33. The van der Waals surface area contributed by atoms with Crippen molar-refractivity contribution >= 4 is 22.9 Å². The third kappa shape index (κ3) is 3.06. The van der Waals surface area contributed by atoms with E-state index in [4.69, 9.17) is 5.10 Å². The van der Waals surface area contributed by atoms with Crippen LogP contribution in [0.1, 0.15) is 32.2 Å². The van der Waals surface area contributed by atoms with E-state index < -0.39 is 0 Å². The number of anilines is 2. The maximum absolute atomic E-state index is 4.75. The van der Waals surface area contributed by atoms with Gasteiger partial charge in [0.15, 0.2) is 5.82 Å². The molecule has 0 aromatic carbocycles. The van der Waals surface area contributed by atoms with Gasteiger partial charge in [-0.15, -0.1) is 0 Å². The topological polar surface area (TPSA) is 79.8 Å². The largest absolute Gasteiger partial charge is 0.353 e. The lowest BCUT2D eigenvalue weighted by molar-refractivity contribution is 0.562. The second-order valence-electron chi connectivity index (χ2n) is 8.56. The van der Waals surface area contributed by atoms with Gasteiger partial charge in [-0.05, 0) is 13.0 Å². The highest BCUT2D eigenvalue weighted by molar-refractivity contribution is 5.70. The van der Waals surface area contributed by atoms with Crippen molar-refractivity contribution in [1.29, 1.82) is 0 Å². The Morgan fingerprint density at radius 3 is 2.48 bits per heavy atom. The fraction of sp³-hybridized carbons (Fsp3) is 0.450. The van der Waals surface area contributed by atoms with Crippen molar-refractivity contribution in [3.63, 3.8) is 0 Å². The van der Waals surface area contributed by atoms with Crippen molar-refractivity contribution in [1.82, 2.24) is 34.2 Å².